The number of nitro groups is 1. The molecule has 0 atom stereocenters. The average molecular weight is 273 g/mol. The van der Waals surface area contributed by atoms with Gasteiger partial charge in [-0.1, -0.05) is 0 Å². The predicted molar refractivity (Wildman–Crippen MR) is 59.4 cm³/mol. The largest absolute Gasteiger partial charge is 0.358 e. The highest BCUT2D eigenvalue weighted by atomic mass is 19.1. The van der Waals surface area contributed by atoms with E-state index in [9.17, 15) is 28.5 Å². The second-order valence-corrected chi connectivity index (χ2v) is 3.37. The van der Waals surface area contributed by atoms with Crippen LogP contribution in [0.5, 0.6) is 0 Å². The summed E-state index contributed by atoms with van der Waals surface area (Å²) < 4.78 is 26.9. The summed E-state index contributed by atoms with van der Waals surface area (Å²) in [6.45, 7) is -0.503. The van der Waals surface area contributed by atoms with Crippen molar-refractivity contribution in [1.29, 1.82) is 0 Å². The maximum atomic E-state index is 13.6. The summed E-state index contributed by atoms with van der Waals surface area (Å²) in [5.74, 6) is -4.67. The van der Waals surface area contributed by atoms with Crippen LogP contribution in [-0.4, -0.2) is 30.3 Å². The summed E-state index contributed by atoms with van der Waals surface area (Å²) in [7, 11) is 1.31. The molecule has 0 radical (unpaired) electrons. The van der Waals surface area contributed by atoms with Gasteiger partial charge in [0, 0.05) is 13.1 Å². The minimum atomic E-state index is -1.58. The van der Waals surface area contributed by atoms with Crippen LogP contribution in [0.15, 0.2) is 12.1 Å². The molecule has 0 aliphatic rings. The number of rotatable bonds is 4. The molecule has 102 valence electrons. The van der Waals surface area contributed by atoms with E-state index in [1.54, 1.807) is 0 Å². The van der Waals surface area contributed by atoms with Gasteiger partial charge in [-0.2, -0.15) is 4.39 Å². The van der Waals surface area contributed by atoms with Crippen LogP contribution in [-0.2, 0) is 4.79 Å². The Hall–Kier alpha value is -2.58. The number of carbonyl (C=O) groups excluding carboxylic acids is 2. The molecule has 0 aliphatic carbocycles. The Kier molecular flexibility index (Phi) is 4.46. The van der Waals surface area contributed by atoms with Crippen LogP contribution < -0.4 is 10.6 Å². The highest BCUT2D eigenvalue weighted by molar-refractivity contribution is 5.97. The van der Waals surface area contributed by atoms with Crippen molar-refractivity contribution in [2.45, 2.75) is 0 Å². The van der Waals surface area contributed by atoms with Crippen molar-refractivity contribution in [1.82, 2.24) is 10.6 Å². The molecule has 1 rings (SSSR count). The van der Waals surface area contributed by atoms with Gasteiger partial charge in [0.15, 0.2) is 0 Å². The number of amides is 2. The third kappa shape index (κ3) is 3.21. The lowest BCUT2D eigenvalue weighted by Gasteiger charge is -2.06. The second-order valence-electron chi connectivity index (χ2n) is 3.37. The number of nitro benzene ring substituents is 1. The number of nitrogens with zero attached hydrogens (tertiary/aromatic N) is 1. The van der Waals surface area contributed by atoms with E-state index >= 15 is 0 Å². The fourth-order valence-electron chi connectivity index (χ4n) is 1.23. The topological polar surface area (TPSA) is 101 Å². The van der Waals surface area contributed by atoms with Gasteiger partial charge in [-0.15, -0.1) is 0 Å². The number of hydrogen-bond acceptors (Lipinski definition) is 4. The molecule has 2 amide bonds. The molecule has 0 saturated carbocycles. The zero-order valence-electron chi connectivity index (χ0n) is 9.70. The fraction of sp³-hybridized carbons (Fsp3) is 0.200. The van der Waals surface area contributed by atoms with E-state index in [4.69, 9.17) is 0 Å². The summed E-state index contributed by atoms with van der Waals surface area (Å²) in [5.41, 5.74) is -2.12. The summed E-state index contributed by atoms with van der Waals surface area (Å²) in [6.07, 6.45) is 0. The van der Waals surface area contributed by atoms with Gasteiger partial charge in [0.2, 0.25) is 11.7 Å². The predicted octanol–water partition coefficient (Wildman–Crippen LogP) is 0.349. The Labute approximate surface area is 105 Å². The number of carbonyl (C=O) groups is 2. The van der Waals surface area contributed by atoms with E-state index < -0.39 is 46.2 Å². The molecule has 9 heteroatoms. The molecule has 0 aromatic heterocycles. The molecule has 0 spiro atoms. The van der Waals surface area contributed by atoms with Crippen molar-refractivity contribution in [3.05, 3.63) is 39.4 Å². The van der Waals surface area contributed by atoms with Gasteiger partial charge < -0.3 is 10.6 Å². The summed E-state index contributed by atoms with van der Waals surface area (Å²) in [4.78, 5) is 31.7. The Morgan fingerprint density at radius 1 is 1.37 bits per heavy atom. The fourth-order valence-corrected chi connectivity index (χ4v) is 1.23. The minimum Gasteiger partial charge on any atom is -0.358 e. The number of benzene rings is 1. The van der Waals surface area contributed by atoms with E-state index in [2.05, 4.69) is 5.32 Å². The standard InChI is InChI=1S/C10H9F2N3O4/c1-13-7(16)4-14-10(17)8-5(11)2-3-6(9(8)12)15(18)19/h2-3H,4H2,1H3,(H,13,16)(H,14,17). The van der Waals surface area contributed by atoms with Crippen LogP contribution in [0.1, 0.15) is 10.4 Å². The molecule has 1 aromatic carbocycles. The molecule has 0 heterocycles. The normalized spacial score (nSPS) is 9.84. The van der Waals surface area contributed by atoms with E-state index in [0.717, 1.165) is 0 Å². The first-order chi connectivity index (χ1) is 8.88. The lowest BCUT2D eigenvalue weighted by atomic mass is 10.1. The summed E-state index contributed by atoms with van der Waals surface area (Å²) >= 11 is 0. The maximum absolute atomic E-state index is 13.6. The molecular formula is C10H9F2N3O4. The van der Waals surface area contributed by atoms with E-state index in [1.807, 2.05) is 5.32 Å². The summed E-state index contributed by atoms with van der Waals surface area (Å²) in [5, 5.41) is 14.6. The average Bonchev–Trinajstić information content (AvgIpc) is 2.35. The van der Waals surface area contributed by atoms with E-state index in [1.165, 1.54) is 7.05 Å². The highest BCUT2D eigenvalue weighted by Gasteiger charge is 2.26. The summed E-state index contributed by atoms with van der Waals surface area (Å²) in [6, 6.07) is 1.22. The van der Waals surface area contributed by atoms with Gasteiger partial charge in [0.25, 0.3) is 5.91 Å². The van der Waals surface area contributed by atoms with Crippen LogP contribution in [0.2, 0.25) is 0 Å². The zero-order valence-corrected chi connectivity index (χ0v) is 9.70. The molecule has 0 fully saturated rings. The SMILES string of the molecule is CNC(=O)CNC(=O)c1c(F)ccc([N+](=O)[O-])c1F. The smallest absolute Gasteiger partial charge is 0.305 e. The van der Waals surface area contributed by atoms with Gasteiger partial charge in [-0.3, -0.25) is 19.7 Å². The number of nitrogens with one attached hydrogen (secondary N) is 2. The van der Waals surface area contributed by atoms with Crippen LogP contribution in [0.4, 0.5) is 14.5 Å². The van der Waals surface area contributed by atoms with Crippen molar-refractivity contribution in [2.75, 3.05) is 13.6 Å². The Bertz CT molecular complexity index is 548. The van der Waals surface area contributed by atoms with Crippen molar-refractivity contribution >= 4 is 17.5 Å². The van der Waals surface area contributed by atoms with Gasteiger partial charge in [0.05, 0.1) is 11.5 Å². The van der Waals surface area contributed by atoms with Crippen molar-refractivity contribution in [3.8, 4) is 0 Å². The van der Waals surface area contributed by atoms with Gasteiger partial charge in [0.1, 0.15) is 11.4 Å². The number of likely N-dealkylation sites (N-methyl/N-ethyl adjacent to an activating group) is 1. The third-order valence-corrected chi connectivity index (χ3v) is 2.18. The Morgan fingerprint density at radius 2 is 2.00 bits per heavy atom. The Balaban J connectivity index is 3.05. The van der Waals surface area contributed by atoms with Crippen molar-refractivity contribution in [3.63, 3.8) is 0 Å². The number of hydrogen-bond donors (Lipinski definition) is 2. The van der Waals surface area contributed by atoms with E-state index in [-0.39, 0.29) is 0 Å². The highest BCUT2D eigenvalue weighted by Crippen LogP contribution is 2.22. The van der Waals surface area contributed by atoms with Crippen molar-refractivity contribution in [2.24, 2.45) is 0 Å². The third-order valence-electron chi connectivity index (χ3n) is 2.18. The molecule has 0 unspecified atom stereocenters. The molecule has 19 heavy (non-hydrogen) atoms. The van der Waals surface area contributed by atoms with Gasteiger partial charge in [-0.25, -0.2) is 4.39 Å². The molecular weight excluding hydrogens is 264 g/mol. The van der Waals surface area contributed by atoms with Crippen LogP contribution in [0.25, 0.3) is 0 Å². The van der Waals surface area contributed by atoms with Crippen molar-refractivity contribution < 1.29 is 23.3 Å². The first-order valence-electron chi connectivity index (χ1n) is 4.99. The molecule has 7 nitrogen and oxygen atoms in total. The quantitative estimate of drug-likeness (QED) is 0.610. The van der Waals surface area contributed by atoms with Gasteiger partial charge in [-0.05, 0) is 6.07 Å². The van der Waals surface area contributed by atoms with Crippen LogP contribution >= 0.6 is 0 Å². The van der Waals surface area contributed by atoms with Gasteiger partial charge >= 0.3 is 5.69 Å². The minimum absolute atomic E-state index is 0.503. The first kappa shape index (κ1) is 14.5. The maximum Gasteiger partial charge on any atom is 0.305 e. The Morgan fingerprint density at radius 3 is 2.53 bits per heavy atom. The number of halogens is 2. The lowest BCUT2D eigenvalue weighted by Crippen LogP contribution is -2.36. The zero-order chi connectivity index (χ0) is 14.6. The lowest BCUT2D eigenvalue weighted by molar-refractivity contribution is -0.387. The van der Waals surface area contributed by atoms with E-state index in [0.29, 0.717) is 12.1 Å². The second kappa shape index (κ2) is 5.85. The van der Waals surface area contributed by atoms with Crippen LogP contribution in [0.3, 0.4) is 0 Å². The molecule has 0 aliphatic heterocycles. The first-order valence-corrected chi connectivity index (χ1v) is 4.99. The molecule has 0 bridgehead atoms. The molecule has 2 N–H and O–H groups in total. The van der Waals surface area contributed by atoms with Crippen LogP contribution in [0, 0.1) is 21.7 Å². The molecule has 1 aromatic rings. The molecule has 0 saturated heterocycles. The monoisotopic (exact) mass is 273 g/mol.